The zero-order chi connectivity index (χ0) is 30.3. The van der Waals surface area contributed by atoms with Crippen LogP contribution in [0.25, 0.3) is 10.6 Å². The molecule has 2 aromatic heterocycles. The van der Waals surface area contributed by atoms with Crippen molar-refractivity contribution in [2.24, 2.45) is 5.92 Å². The monoisotopic (exact) mass is 606 g/mol. The summed E-state index contributed by atoms with van der Waals surface area (Å²) in [4.78, 5) is 48.0. The molecule has 1 aliphatic carbocycles. The van der Waals surface area contributed by atoms with Crippen LogP contribution in [-0.4, -0.2) is 65.4 Å². The first kappa shape index (κ1) is 29.7. The fourth-order valence-electron chi connectivity index (χ4n) is 4.92. The molecule has 42 heavy (non-hydrogen) atoms. The average molecular weight is 607 g/mol. The van der Waals surface area contributed by atoms with E-state index < -0.39 is 34.6 Å². The Morgan fingerprint density at radius 2 is 1.81 bits per heavy atom. The van der Waals surface area contributed by atoms with Crippen molar-refractivity contribution >= 4 is 34.5 Å². The number of H-pyrrole nitrogens is 1. The van der Waals surface area contributed by atoms with Gasteiger partial charge in [-0.1, -0.05) is 0 Å². The molecule has 2 atom stereocenters. The molecular weight excluding hydrogens is 576 g/mol. The summed E-state index contributed by atoms with van der Waals surface area (Å²) in [5.41, 5.74) is -2.86. The van der Waals surface area contributed by atoms with E-state index in [-0.39, 0.29) is 44.8 Å². The zero-order valence-corrected chi connectivity index (χ0v) is 24.0. The summed E-state index contributed by atoms with van der Waals surface area (Å²) in [6.07, 6.45) is -0.785. The topological polar surface area (TPSA) is 110 Å². The molecule has 1 saturated heterocycles. The Morgan fingerprint density at radius 1 is 1.12 bits per heavy atom. The van der Waals surface area contributed by atoms with E-state index in [4.69, 9.17) is 0 Å². The Labute approximate surface area is 242 Å². The Morgan fingerprint density at radius 3 is 2.45 bits per heavy atom. The van der Waals surface area contributed by atoms with Crippen LogP contribution in [0.1, 0.15) is 52.3 Å². The summed E-state index contributed by atoms with van der Waals surface area (Å²) in [5.74, 6) is -1.65. The second-order valence-electron chi connectivity index (χ2n) is 10.9. The van der Waals surface area contributed by atoms with E-state index in [1.165, 1.54) is 18.3 Å². The van der Waals surface area contributed by atoms with Crippen molar-refractivity contribution in [3.8, 4) is 10.6 Å². The van der Waals surface area contributed by atoms with Crippen molar-refractivity contribution in [3.63, 3.8) is 0 Å². The third kappa shape index (κ3) is 6.33. The number of pyridine rings is 1. The number of hydrogen-bond acceptors (Lipinski definition) is 7. The van der Waals surface area contributed by atoms with E-state index in [0.29, 0.717) is 37.8 Å². The molecule has 5 rings (SSSR count). The number of alkyl halides is 3. The van der Waals surface area contributed by atoms with Gasteiger partial charge in [0, 0.05) is 55.6 Å². The molecule has 14 heteroatoms. The maximum Gasteiger partial charge on any atom is 0.417 e. The third-order valence-electron chi connectivity index (χ3n) is 7.72. The van der Waals surface area contributed by atoms with Crippen LogP contribution in [0.4, 0.5) is 28.9 Å². The summed E-state index contributed by atoms with van der Waals surface area (Å²) >= 11 is 0.970. The molecule has 2 aliphatic rings. The van der Waals surface area contributed by atoms with E-state index in [1.807, 2.05) is 25.8 Å². The van der Waals surface area contributed by atoms with Gasteiger partial charge in [0.15, 0.2) is 0 Å². The lowest BCUT2D eigenvalue weighted by molar-refractivity contribution is -0.138. The van der Waals surface area contributed by atoms with E-state index in [0.717, 1.165) is 24.2 Å². The Balaban J connectivity index is 1.53. The molecule has 2 fully saturated rings. The minimum absolute atomic E-state index is 0.0203. The summed E-state index contributed by atoms with van der Waals surface area (Å²) in [5, 5.41) is 5.52. The number of nitrogens with zero attached hydrogens (tertiary/aromatic N) is 3. The molecule has 1 aliphatic heterocycles. The molecule has 0 spiro atoms. The van der Waals surface area contributed by atoms with Gasteiger partial charge in [-0.25, -0.2) is 9.37 Å². The van der Waals surface area contributed by atoms with E-state index >= 15 is 4.39 Å². The first-order valence-corrected chi connectivity index (χ1v) is 14.3. The largest absolute Gasteiger partial charge is 0.417 e. The average Bonchev–Trinajstić information content (AvgIpc) is 3.63. The smallest absolute Gasteiger partial charge is 0.367 e. The van der Waals surface area contributed by atoms with Gasteiger partial charge in [-0.2, -0.15) is 13.2 Å². The van der Waals surface area contributed by atoms with Gasteiger partial charge in [0.25, 0.3) is 11.8 Å². The predicted octanol–water partition coefficient (Wildman–Crippen LogP) is 4.58. The van der Waals surface area contributed by atoms with E-state index in [9.17, 15) is 27.6 Å². The number of nitrogens with one attached hydrogen (secondary N) is 3. The highest BCUT2D eigenvalue weighted by molar-refractivity contribution is 7.16. The number of hydrogen-bond donors (Lipinski definition) is 3. The normalized spacial score (nSPS) is 19.5. The first-order valence-electron chi connectivity index (χ1n) is 13.5. The SMILES string of the molecule is CC1CN(c2cc(F)c(-c3ncc(C(=O)NCC4CC4)s3)cc2NC(=O)c2c[nH]c(=O)cc2C(F)(F)F)CC(C)N1C. The predicted molar refractivity (Wildman–Crippen MR) is 151 cm³/mol. The molecule has 1 saturated carbocycles. The van der Waals surface area contributed by atoms with Crippen LogP contribution < -0.4 is 21.1 Å². The molecular formula is C28H30F4N6O3S. The molecule has 2 amide bonds. The van der Waals surface area contributed by atoms with Crippen LogP contribution in [0.2, 0.25) is 0 Å². The standard InChI is InChI=1S/C28H30F4N6O3S/c1-14-12-38(13-15(2)37(14)3)22-8-20(29)17(27-35-11-23(42-27)26(41)34-9-16-4-5-16)6-21(22)36-25(40)18-10-33-24(39)7-19(18)28(30,31)32/h6-8,10-11,14-16H,4-5,9,12-13H2,1-3H3,(H,33,39)(H,34,41)(H,36,40). The van der Waals surface area contributed by atoms with Crippen molar-refractivity contribution in [2.75, 3.05) is 36.9 Å². The molecule has 1 aromatic carbocycles. The Bertz CT molecular complexity index is 1560. The lowest BCUT2D eigenvalue weighted by Crippen LogP contribution is -2.55. The molecule has 0 radical (unpaired) electrons. The molecule has 3 N–H and O–H groups in total. The number of aromatic amines is 1. The molecule has 0 bridgehead atoms. The van der Waals surface area contributed by atoms with Crippen LogP contribution in [0.5, 0.6) is 0 Å². The fraction of sp³-hybridized carbons (Fsp3) is 0.429. The second-order valence-corrected chi connectivity index (χ2v) is 11.9. The summed E-state index contributed by atoms with van der Waals surface area (Å²) < 4.78 is 56.7. The number of likely N-dealkylation sites (N-methyl/N-ethyl adjacent to an activating group) is 1. The molecule has 3 aromatic rings. The van der Waals surface area contributed by atoms with Crippen molar-refractivity contribution in [1.82, 2.24) is 20.2 Å². The minimum atomic E-state index is -4.96. The summed E-state index contributed by atoms with van der Waals surface area (Å²) in [7, 11) is 1.97. The van der Waals surface area contributed by atoms with Gasteiger partial charge in [-0.05, 0) is 45.7 Å². The molecule has 3 heterocycles. The van der Waals surface area contributed by atoms with Crippen molar-refractivity contribution in [1.29, 1.82) is 0 Å². The number of halogens is 4. The highest BCUT2D eigenvalue weighted by Gasteiger charge is 2.36. The maximum absolute atomic E-state index is 15.7. The Hall–Kier alpha value is -3.78. The number of carbonyl (C=O) groups excluding carboxylic acids is 2. The number of anilines is 2. The highest BCUT2D eigenvalue weighted by atomic mass is 32.1. The lowest BCUT2D eigenvalue weighted by Gasteiger charge is -2.44. The van der Waals surface area contributed by atoms with Crippen LogP contribution in [0, 0.1) is 11.7 Å². The Kier molecular flexibility index (Phi) is 8.12. The number of aromatic nitrogens is 2. The number of carbonyl (C=O) groups is 2. The van der Waals surface area contributed by atoms with E-state index in [1.54, 1.807) is 0 Å². The van der Waals surface area contributed by atoms with Gasteiger partial charge in [0.05, 0.1) is 28.7 Å². The minimum Gasteiger partial charge on any atom is -0.367 e. The van der Waals surface area contributed by atoms with Crippen LogP contribution in [-0.2, 0) is 6.18 Å². The quantitative estimate of drug-likeness (QED) is 0.340. The number of thiazole rings is 1. The van der Waals surface area contributed by atoms with Gasteiger partial charge in [-0.15, -0.1) is 11.3 Å². The number of amides is 2. The highest BCUT2D eigenvalue weighted by Crippen LogP contribution is 2.38. The van der Waals surface area contributed by atoms with Gasteiger partial charge in [-0.3, -0.25) is 19.3 Å². The van der Waals surface area contributed by atoms with Gasteiger partial charge < -0.3 is 20.5 Å². The fourth-order valence-corrected chi connectivity index (χ4v) is 5.77. The number of piperazine rings is 1. The number of benzene rings is 1. The second kappa shape index (κ2) is 11.5. The van der Waals surface area contributed by atoms with Crippen molar-refractivity contribution in [3.05, 3.63) is 62.8 Å². The van der Waals surface area contributed by atoms with Crippen LogP contribution >= 0.6 is 11.3 Å². The van der Waals surface area contributed by atoms with Gasteiger partial charge in [0.2, 0.25) is 5.56 Å². The summed E-state index contributed by atoms with van der Waals surface area (Å²) in [6, 6.07) is 2.99. The molecule has 224 valence electrons. The van der Waals surface area contributed by atoms with Gasteiger partial charge >= 0.3 is 6.18 Å². The van der Waals surface area contributed by atoms with E-state index in [2.05, 4.69) is 25.5 Å². The first-order chi connectivity index (χ1) is 19.8. The zero-order valence-electron chi connectivity index (χ0n) is 23.1. The van der Waals surface area contributed by atoms with Crippen molar-refractivity contribution in [2.45, 2.75) is 44.9 Å². The van der Waals surface area contributed by atoms with Gasteiger partial charge in [0.1, 0.15) is 15.7 Å². The third-order valence-corrected chi connectivity index (χ3v) is 8.75. The molecule has 9 nitrogen and oxygen atoms in total. The van der Waals surface area contributed by atoms with Crippen LogP contribution in [0.3, 0.4) is 0 Å². The molecule has 2 unspecified atom stereocenters. The lowest BCUT2D eigenvalue weighted by atomic mass is 10.1. The van der Waals surface area contributed by atoms with Crippen LogP contribution in [0.15, 0.2) is 35.4 Å². The maximum atomic E-state index is 15.7. The number of rotatable bonds is 7. The van der Waals surface area contributed by atoms with Crippen molar-refractivity contribution < 1.29 is 27.2 Å². The summed E-state index contributed by atoms with van der Waals surface area (Å²) in [6.45, 7) is 5.48.